The Morgan fingerprint density at radius 3 is 2.89 bits per heavy atom. The molecule has 6 nitrogen and oxygen atoms in total. The molecule has 0 saturated carbocycles. The molecule has 0 fully saturated rings. The van der Waals surface area contributed by atoms with Gasteiger partial charge in [-0.05, 0) is 43.4 Å². The lowest BCUT2D eigenvalue weighted by molar-refractivity contribution is -0.113. The fraction of sp³-hybridized carbons (Fsp3) is 0.263. The average Bonchev–Trinajstić information content (AvgIpc) is 3.31. The predicted octanol–water partition coefficient (Wildman–Crippen LogP) is 4.78. The molecule has 1 aromatic carbocycles. The monoisotopic (exact) mass is 473 g/mol. The van der Waals surface area contributed by atoms with Gasteiger partial charge < -0.3 is 5.32 Å². The Kier molecular flexibility index (Phi) is 5.80. The highest BCUT2D eigenvalue weighted by Crippen LogP contribution is 2.37. The number of rotatable bonds is 5. The minimum absolute atomic E-state index is 0.157. The summed E-state index contributed by atoms with van der Waals surface area (Å²) < 4.78 is 0.994. The van der Waals surface area contributed by atoms with Gasteiger partial charge in [0.05, 0.1) is 11.3 Å². The van der Waals surface area contributed by atoms with E-state index in [1.165, 1.54) is 28.0 Å². The minimum Gasteiger partial charge on any atom is -0.316 e. The Bertz CT molecular complexity index is 1050. The number of thiophene rings is 1. The first-order chi connectivity index (χ1) is 13.6. The van der Waals surface area contributed by atoms with Crippen molar-refractivity contribution in [2.75, 3.05) is 11.1 Å². The lowest BCUT2D eigenvalue weighted by atomic mass is 9.96. The number of amides is 1. The number of nitrogens with one attached hydrogen (secondary N) is 2. The third kappa shape index (κ3) is 4.14. The molecule has 0 unspecified atom stereocenters. The molecule has 0 atom stereocenters. The van der Waals surface area contributed by atoms with Crippen molar-refractivity contribution in [1.29, 1.82) is 5.26 Å². The lowest BCUT2D eigenvalue weighted by Crippen LogP contribution is -2.14. The average molecular weight is 474 g/mol. The quantitative estimate of drug-likeness (QED) is 0.520. The minimum atomic E-state index is -0.157. The number of nitrogens with zero attached hydrogens (tertiary/aromatic N) is 3. The number of hydrogen-bond donors (Lipinski definition) is 2. The van der Waals surface area contributed by atoms with Crippen LogP contribution in [0.25, 0.3) is 11.4 Å². The summed E-state index contributed by atoms with van der Waals surface area (Å²) in [6.45, 7) is 0. The number of halogens is 1. The molecule has 0 aliphatic heterocycles. The van der Waals surface area contributed by atoms with E-state index in [9.17, 15) is 10.1 Å². The molecule has 1 amide bonds. The maximum atomic E-state index is 12.4. The van der Waals surface area contributed by atoms with E-state index in [2.05, 4.69) is 42.5 Å². The van der Waals surface area contributed by atoms with Crippen molar-refractivity contribution in [1.82, 2.24) is 15.2 Å². The Balaban J connectivity index is 1.38. The first-order valence-electron chi connectivity index (χ1n) is 8.79. The van der Waals surface area contributed by atoms with Gasteiger partial charge in [-0.15, -0.1) is 16.4 Å². The molecule has 0 spiro atoms. The SMILES string of the molecule is N#Cc1c(NC(=O)CSc2n[nH]c(-c3ccc(Br)cc3)n2)sc2c1CCCC2. The molecule has 4 rings (SSSR count). The molecule has 1 aliphatic carbocycles. The van der Waals surface area contributed by atoms with Gasteiger partial charge in [-0.1, -0.05) is 39.8 Å². The van der Waals surface area contributed by atoms with Gasteiger partial charge in [0, 0.05) is 14.9 Å². The van der Waals surface area contributed by atoms with Gasteiger partial charge in [0.2, 0.25) is 11.1 Å². The van der Waals surface area contributed by atoms with Crippen molar-refractivity contribution in [3.63, 3.8) is 0 Å². The van der Waals surface area contributed by atoms with E-state index in [0.29, 0.717) is 21.5 Å². The Morgan fingerprint density at radius 1 is 1.32 bits per heavy atom. The molecule has 1 aliphatic rings. The number of anilines is 1. The van der Waals surface area contributed by atoms with Crippen molar-refractivity contribution in [2.45, 2.75) is 30.8 Å². The summed E-state index contributed by atoms with van der Waals surface area (Å²) in [6.07, 6.45) is 4.17. The number of H-pyrrole nitrogens is 1. The third-order valence-corrected chi connectivity index (χ3v) is 7.03. The molecule has 142 valence electrons. The van der Waals surface area contributed by atoms with Crippen molar-refractivity contribution in [3.8, 4) is 17.5 Å². The first-order valence-corrected chi connectivity index (χ1v) is 11.4. The summed E-state index contributed by atoms with van der Waals surface area (Å²) in [5.41, 5.74) is 2.68. The summed E-state index contributed by atoms with van der Waals surface area (Å²) >= 11 is 6.20. The Morgan fingerprint density at radius 2 is 2.11 bits per heavy atom. The number of hydrogen-bond acceptors (Lipinski definition) is 6. The van der Waals surface area contributed by atoms with Crippen LogP contribution in [-0.2, 0) is 17.6 Å². The van der Waals surface area contributed by atoms with E-state index < -0.39 is 0 Å². The molecule has 3 aromatic rings. The van der Waals surface area contributed by atoms with Crippen LogP contribution in [0, 0.1) is 11.3 Å². The molecule has 0 radical (unpaired) electrons. The maximum absolute atomic E-state index is 12.4. The van der Waals surface area contributed by atoms with Crippen LogP contribution in [0.2, 0.25) is 0 Å². The Labute approximate surface area is 178 Å². The van der Waals surface area contributed by atoms with Crippen LogP contribution in [0.1, 0.15) is 28.8 Å². The molecule has 28 heavy (non-hydrogen) atoms. The van der Waals surface area contributed by atoms with Crippen LogP contribution in [0.3, 0.4) is 0 Å². The van der Waals surface area contributed by atoms with E-state index in [4.69, 9.17) is 0 Å². The van der Waals surface area contributed by atoms with E-state index in [1.807, 2.05) is 24.3 Å². The van der Waals surface area contributed by atoms with E-state index in [0.717, 1.165) is 41.3 Å². The molecule has 0 bridgehead atoms. The molecular weight excluding hydrogens is 458 g/mol. The number of carbonyl (C=O) groups is 1. The largest absolute Gasteiger partial charge is 0.316 e. The highest BCUT2D eigenvalue weighted by Gasteiger charge is 2.22. The number of fused-ring (bicyclic) bond motifs is 1. The molecular formula is C19H16BrN5OS2. The van der Waals surface area contributed by atoms with Crippen LogP contribution >= 0.6 is 39.0 Å². The first kappa shape index (κ1) is 19.2. The lowest BCUT2D eigenvalue weighted by Gasteiger charge is -2.09. The second-order valence-electron chi connectivity index (χ2n) is 6.34. The second-order valence-corrected chi connectivity index (χ2v) is 9.30. The number of benzene rings is 1. The number of aromatic amines is 1. The summed E-state index contributed by atoms with van der Waals surface area (Å²) in [5.74, 6) is 0.689. The molecule has 2 aromatic heterocycles. The predicted molar refractivity (Wildman–Crippen MR) is 115 cm³/mol. The van der Waals surface area contributed by atoms with E-state index in [1.54, 1.807) is 0 Å². The van der Waals surface area contributed by atoms with Crippen LogP contribution < -0.4 is 5.32 Å². The Hall–Kier alpha value is -2.15. The smallest absolute Gasteiger partial charge is 0.235 e. The maximum Gasteiger partial charge on any atom is 0.235 e. The van der Waals surface area contributed by atoms with Crippen LogP contribution in [0.5, 0.6) is 0 Å². The van der Waals surface area contributed by atoms with Crippen LogP contribution in [0.4, 0.5) is 5.00 Å². The molecule has 2 N–H and O–H groups in total. The second kappa shape index (κ2) is 8.47. The molecule has 2 heterocycles. The standard InChI is InChI=1S/C19H16BrN5OS2/c20-12-7-5-11(6-8-12)17-23-19(25-24-17)27-10-16(26)22-18-14(9-21)13-3-1-2-4-15(13)28-18/h5-8H,1-4,10H2,(H,22,26)(H,23,24,25). The van der Waals surface area contributed by atoms with Gasteiger partial charge in [0.15, 0.2) is 5.82 Å². The summed E-state index contributed by atoms with van der Waals surface area (Å²) in [6, 6.07) is 10.0. The third-order valence-electron chi connectivity index (χ3n) is 4.45. The highest BCUT2D eigenvalue weighted by molar-refractivity contribution is 9.10. The summed E-state index contributed by atoms with van der Waals surface area (Å²) in [7, 11) is 0. The molecule has 0 saturated heterocycles. The van der Waals surface area contributed by atoms with Crippen LogP contribution in [-0.4, -0.2) is 26.8 Å². The van der Waals surface area contributed by atoms with Gasteiger partial charge >= 0.3 is 0 Å². The number of carbonyl (C=O) groups excluding carboxylic acids is 1. The van der Waals surface area contributed by atoms with Crippen molar-refractivity contribution >= 4 is 49.9 Å². The van der Waals surface area contributed by atoms with Gasteiger partial charge in [0.1, 0.15) is 11.1 Å². The zero-order valence-corrected chi connectivity index (χ0v) is 18.0. The zero-order valence-electron chi connectivity index (χ0n) is 14.8. The van der Waals surface area contributed by atoms with Gasteiger partial charge in [-0.3, -0.25) is 9.89 Å². The van der Waals surface area contributed by atoms with Crippen LogP contribution in [0.15, 0.2) is 33.9 Å². The highest BCUT2D eigenvalue weighted by atomic mass is 79.9. The van der Waals surface area contributed by atoms with Gasteiger partial charge in [-0.25, -0.2) is 4.98 Å². The van der Waals surface area contributed by atoms with E-state index in [-0.39, 0.29) is 11.7 Å². The van der Waals surface area contributed by atoms with Gasteiger partial charge in [-0.2, -0.15) is 5.26 Å². The topological polar surface area (TPSA) is 94.5 Å². The number of thioether (sulfide) groups is 1. The number of nitriles is 1. The number of aromatic nitrogens is 3. The van der Waals surface area contributed by atoms with Crippen molar-refractivity contribution in [3.05, 3.63) is 44.7 Å². The zero-order chi connectivity index (χ0) is 19.5. The van der Waals surface area contributed by atoms with Crippen molar-refractivity contribution in [2.24, 2.45) is 0 Å². The molecule has 9 heteroatoms. The number of aryl methyl sites for hydroxylation is 1. The fourth-order valence-corrected chi connectivity index (χ4v) is 5.23. The van der Waals surface area contributed by atoms with Crippen molar-refractivity contribution < 1.29 is 4.79 Å². The van der Waals surface area contributed by atoms with E-state index >= 15 is 0 Å². The normalized spacial score (nSPS) is 13.0. The summed E-state index contributed by atoms with van der Waals surface area (Å²) in [5, 5.41) is 20.6. The summed E-state index contributed by atoms with van der Waals surface area (Å²) in [4.78, 5) is 18.0. The van der Waals surface area contributed by atoms with Gasteiger partial charge in [0.25, 0.3) is 0 Å². The fourth-order valence-electron chi connectivity index (χ4n) is 3.11.